The summed E-state index contributed by atoms with van der Waals surface area (Å²) in [6, 6.07) is 7.07. The quantitative estimate of drug-likeness (QED) is 0.237. The monoisotopic (exact) mass is 464 g/mol. The minimum absolute atomic E-state index is 0.00444. The highest BCUT2D eigenvalue weighted by Crippen LogP contribution is 2.36. The van der Waals surface area contributed by atoms with E-state index < -0.39 is 12.0 Å². The maximum atomic E-state index is 13.2. The van der Waals surface area contributed by atoms with E-state index in [1.807, 2.05) is 38.1 Å². The Morgan fingerprint density at radius 2 is 1.75 bits per heavy atom. The lowest BCUT2D eigenvalue weighted by Gasteiger charge is -2.37. The summed E-state index contributed by atoms with van der Waals surface area (Å²) in [4.78, 5) is 30.9. The molecule has 0 heterocycles. The van der Waals surface area contributed by atoms with Crippen LogP contribution in [0.15, 0.2) is 41.0 Å². The first-order chi connectivity index (χ1) is 14.8. The van der Waals surface area contributed by atoms with Crippen LogP contribution in [0.2, 0.25) is 5.02 Å². The summed E-state index contributed by atoms with van der Waals surface area (Å²) in [5.41, 5.74) is 12.4. The lowest BCUT2D eigenvalue weighted by Crippen LogP contribution is -2.44. The zero-order chi connectivity index (χ0) is 24.6. The molecule has 1 aromatic rings. The first-order valence-corrected chi connectivity index (χ1v) is 11.2. The van der Waals surface area contributed by atoms with E-state index in [1.54, 1.807) is 18.9 Å². The van der Waals surface area contributed by atoms with Crippen LogP contribution < -0.4 is 11.5 Å². The van der Waals surface area contributed by atoms with Crippen LogP contribution in [0.25, 0.3) is 0 Å². The van der Waals surface area contributed by atoms with Crippen LogP contribution in [-0.2, 0) is 14.3 Å². The van der Waals surface area contributed by atoms with Crippen LogP contribution in [-0.4, -0.2) is 48.9 Å². The number of rotatable bonds is 10. The number of likely N-dealkylation sites (N-methyl/N-ethyl adjacent to an activating group) is 1. The maximum Gasteiger partial charge on any atom is 0.354 e. The fourth-order valence-corrected chi connectivity index (χ4v) is 3.50. The van der Waals surface area contributed by atoms with Crippen LogP contribution in [0.4, 0.5) is 0 Å². The van der Waals surface area contributed by atoms with E-state index in [4.69, 9.17) is 27.8 Å². The van der Waals surface area contributed by atoms with Gasteiger partial charge in [-0.25, -0.2) is 4.79 Å². The molecule has 32 heavy (non-hydrogen) atoms. The largest absolute Gasteiger partial charge is 0.461 e. The second kappa shape index (κ2) is 11.9. The average molecular weight is 465 g/mol. The number of amidine groups is 1. The molecular weight excluding hydrogens is 428 g/mol. The van der Waals surface area contributed by atoms with Crippen molar-refractivity contribution in [3.8, 4) is 0 Å². The van der Waals surface area contributed by atoms with Gasteiger partial charge in [-0.2, -0.15) is 0 Å². The molecule has 2 atom stereocenters. The first kappa shape index (κ1) is 27.5. The Labute approximate surface area is 196 Å². The van der Waals surface area contributed by atoms with Gasteiger partial charge in [0.25, 0.3) is 0 Å². The van der Waals surface area contributed by atoms with E-state index in [9.17, 15) is 9.59 Å². The summed E-state index contributed by atoms with van der Waals surface area (Å²) in [6.07, 6.45) is 1.23. The van der Waals surface area contributed by atoms with Gasteiger partial charge in [-0.15, -0.1) is 0 Å². The van der Waals surface area contributed by atoms with Crippen LogP contribution in [0.1, 0.15) is 53.0 Å². The van der Waals surface area contributed by atoms with Gasteiger partial charge < -0.3 is 21.1 Å². The molecule has 1 amide bonds. The first-order valence-electron chi connectivity index (χ1n) is 10.8. The molecule has 0 fully saturated rings. The van der Waals surface area contributed by atoms with Crippen molar-refractivity contribution in [3.05, 3.63) is 46.6 Å². The van der Waals surface area contributed by atoms with Crippen molar-refractivity contribution in [3.63, 3.8) is 0 Å². The van der Waals surface area contributed by atoms with Gasteiger partial charge in [0.15, 0.2) is 0 Å². The third-order valence-corrected chi connectivity index (χ3v) is 5.80. The lowest BCUT2D eigenvalue weighted by atomic mass is 9.75. The predicted molar refractivity (Wildman–Crippen MR) is 130 cm³/mol. The summed E-state index contributed by atoms with van der Waals surface area (Å²) >= 11 is 6.01. The molecule has 178 valence electrons. The molecule has 8 heteroatoms. The topological polar surface area (TPSA) is 111 Å². The molecule has 0 aliphatic rings. The highest BCUT2D eigenvalue weighted by atomic mass is 35.5. The van der Waals surface area contributed by atoms with E-state index in [-0.39, 0.29) is 41.3 Å². The van der Waals surface area contributed by atoms with Gasteiger partial charge in [-0.1, -0.05) is 58.4 Å². The number of hydrogen-bond acceptors (Lipinski definition) is 5. The van der Waals surface area contributed by atoms with Gasteiger partial charge in [-0.05, 0) is 41.9 Å². The molecule has 0 saturated heterocycles. The van der Waals surface area contributed by atoms with Gasteiger partial charge in [0.05, 0.1) is 6.61 Å². The highest BCUT2D eigenvalue weighted by molar-refractivity contribution is 6.30. The number of esters is 1. The molecule has 0 bridgehead atoms. The van der Waals surface area contributed by atoms with Crippen molar-refractivity contribution in [1.29, 1.82) is 0 Å². The molecule has 0 saturated carbocycles. The number of nitrogens with zero attached hydrogens (tertiary/aromatic N) is 2. The molecule has 7 nitrogen and oxygen atoms in total. The van der Waals surface area contributed by atoms with E-state index >= 15 is 0 Å². The van der Waals surface area contributed by atoms with Crippen molar-refractivity contribution < 1.29 is 14.3 Å². The van der Waals surface area contributed by atoms with Crippen LogP contribution in [0, 0.1) is 11.3 Å². The van der Waals surface area contributed by atoms with Crippen molar-refractivity contribution >= 4 is 29.3 Å². The summed E-state index contributed by atoms with van der Waals surface area (Å²) in [6.45, 7) is 12.6. The number of benzene rings is 1. The molecule has 2 unspecified atom stereocenters. The summed E-state index contributed by atoms with van der Waals surface area (Å²) in [5, 5.41) is 0.693. The van der Waals surface area contributed by atoms with Crippen molar-refractivity contribution in [2.24, 2.45) is 27.8 Å². The number of ether oxygens (including phenoxy) is 1. The predicted octanol–water partition coefficient (Wildman–Crippen LogP) is 3.72. The van der Waals surface area contributed by atoms with E-state index in [1.165, 1.54) is 6.08 Å². The smallest absolute Gasteiger partial charge is 0.354 e. The Morgan fingerprint density at radius 3 is 2.25 bits per heavy atom. The number of hydrogen-bond donors (Lipinski definition) is 2. The van der Waals surface area contributed by atoms with Crippen molar-refractivity contribution in [2.45, 2.75) is 53.5 Å². The third kappa shape index (κ3) is 7.86. The van der Waals surface area contributed by atoms with Gasteiger partial charge in [0.2, 0.25) is 5.91 Å². The summed E-state index contributed by atoms with van der Waals surface area (Å²) in [7, 11) is 1.77. The van der Waals surface area contributed by atoms with Gasteiger partial charge in [0.1, 0.15) is 17.6 Å². The fourth-order valence-electron chi connectivity index (χ4n) is 3.37. The van der Waals surface area contributed by atoms with Crippen molar-refractivity contribution in [1.82, 2.24) is 4.90 Å². The second-order valence-electron chi connectivity index (χ2n) is 9.02. The molecule has 0 spiro atoms. The third-order valence-electron chi connectivity index (χ3n) is 5.55. The van der Waals surface area contributed by atoms with Crippen molar-refractivity contribution in [2.75, 3.05) is 20.2 Å². The van der Waals surface area contributed by atoms with Gasteiger partial charge in [-0.3, -0.25) is 9.79 Å². The standard InChI is InChI=1S/C24H37ClN4O3/c1-8-32-23(31)19(26)13-20(27)28-21(15(2)3)22(30)29(7)14-24(5,6)16(4)17-9-11-18(25)12-10-17/h9-13,15-16,21H,8,14,26H2,1-7H3,(H2,27,28). The lowest BCUT2D eigenvalue weighted by molar-refractivity contribution is -0.138. The number of halogens is 1. The van der Waals surface area contributed by atoms with E-state index in [0.717, 1.165) is 5.56 Å². The Kier molecular flexibility index (Phi) is 10.2. The highest BCUT2D eigenvalue weighted by Gasteiger charge is 2.33. The normalized spacial score (nSPS) is 14.8. The zero-order valence-electron chi connectivity index (χ0n) is 20.2. The minimum Gasteiger partial charge on any atom is -0.461 e. The van der Waals surface area contributed by atoms with E-state index in [2.05, 4.69) is 25.8 Å². The second-order valence-corrected chi connectivity index (χ2v) is 9.46. The molecule has 1 rings (SSSR count). The Hall–Kier alpha value is -2.54. The number of carbonyl (C=O) groups excluding carboxylic acids is 2. The minimum atomic E-state index is -0.701. The number of carbonyl (C=O) groups is 2. The Bertz CT molecular complexity index is 847. The Balaban J connectivity index is 3.00. The number of amides is 1. The average Bonchev–Trinajstić information content (AvgIpc) is 2.71. The SMILES string of the molecule is CCOC(=O)C(N)=CC(N)=NC(C(=O)N(C)CC(C)(C)C(C)c1ccc(Cl)cc1)C(C)C. The molecule has 0 aliphatic heterocycles. The maximum absolute atomic E-state index is 13.2. The van der Waals surface area contributed by atoms with E-state index in [0.29, 0.717) is 11.6 Å². The zero-order valence-corrected chi connectivity index (χ0v) is 20.9. The van der Waals surface area contributed by atoms with Crippen LogP contribution >= 0.6 is 11.6 Å². The molecule has 1 aromatic carbocycles. The van der Waals surface area contributed by atoms with Crippen LogP contribution in [0.3, 0.4) is 0 Å². The molecule has 4 N–H and O–H groups in total. The molecule has 0 aromatic heterocycles. The number of aliphatic imine (C=N–C) groups is 1. The number of nitrogens with two attached hydrogens (primary N) is 2. The summed E-state index contributed by atoms with van der Waals surface area (Å²) < 4.78 is 4.84. The molecular formula is C24H37ClN4O3. The van der Waals surface area contributed by atoms with Gasteiger partial charge >= 0.3 is 5.97 Å². The molecule has 0 aliphatic carbocycles. The fraction of sp³-hybridized carbons (Fsp3) is 0.542. The molecule has 0 radical (unpaired) electrons. The Morgan fingerprint density at radius 1 is 1.19 bits per heavy atom. The van der Waals surface area contributed by atoms with Gasteiger partial charge in [0, 0.05) is 24.7 Å². The van der Waals surface area contributed by atoms with Crippen LogP contribution in [0.5, 0.6) is 0 Å². The summed E-state index contributed by atoms with van der Waals surface area (Å²) in [5.74, 6) is -0.730.